The summed E-state index contributed by atoms with van der Waals surface area (Å²) in [6, 6.07) is 8.89. The topological polar surface area (TPSA) is 48.7 Å². The molecule has 1 N–H and O–H groups in total. The van der Waals surface area contributed by atoms with Crippen molar-refractivity contribution < 1.29 is 9.21 Å². The molecule has 3 rings (SSSR count). The number of carbonyl (C=O) groups is 1. The maximum Gasteiger partial charge on any atom is 0.291 e. The van der Waals surface area contributed by atoms with Gasteiger partial charge in [-0.05, 0) is 53.2 Å². The molecule has 134 valence electrons. The molecule has 0 saturated carbocycles. The molecule has 0 bridgehead atoms. The molecule has 1 fully saturated rings. The lowest BCUT2D eigenvalue weighted by molar-refractivity contribution is 0.0995. The average molecular weight is 427 g/mol. The van der Waals surface area contributed by atoms with Crippen molar-refractivity contribution in [1.82, 2.24) is 4.90 Å². The third kappa shape index (κ3) is 4.37. The van der Waals surface area contributed by atoms with Gasteiger partial charge in [-0.3, -0.25) is 9.69 Å². The predicted molar refractivity (Wildman–Crippen MR) is 105 cm³/mol. The molecule has 1 aromatic heterocycles. The number of piperazine rings is 1. The van der Waals surface area contributed by atoms with Crippen LogP contribution in [0.15, 0.2) is 39.4 Å². The zero-order chi connectivity index (χ0) is 17.8. The van der Waals surface area contributed by atoms with Crippen molar-refractivity contribution in [3.05, 3.63) is 45.8 Å². The zero-order valence-corrected chi connectivity index (χ0v) is 16.4. The predicted octanol–water partition coefficient (Wildman–Crippen LogP) is 4.48. The van der Waals surface area contributed by atoms with Crippen LogP contribution in [0.2, 0.25) is 5.02 Å². The Morgan fingerprint density at radius 2 is 2.00 bits per heavy atom. The first-order valence-corrected chi connectivity index (χ1v) is 9.58. The van der Waals surface area contributed by atoms with E-state index in [1.54, 1.807) is 12.1 Å². The van der Waals surface area contributed by atoms with Gasteiger partial charge in [0.2, 0.25) is 0 Å². The summed E-state index contributed by atoms with van der Waals surface area (Å²) < 4.78 is 5.85. The maximum absolute atomic E-state index is 12.4. The lowest BCUT2D eigenvalue weighted by atomic mass is 10.2. The largest absolute Gasteiger partial charge is 0.444 e. The molecule has 0 radical (unpaired) electrons. The van der Waals surface area contributed by atoms with Gasteiger partial charge in [-0.2, -0.15) is 0 Å². The molecule has 0 spiro atoms. The summed E-state index contributed by atoms with van der Waals surface area (Å²) in [7, 11) is 0. The van der Waals surface area contributed by atoms with Gasteiger partial charge in [0.1, 0.15) is 0 Å². The van der Waals surface area contributed by atoms with E-state index in [2.05, 4.69) is 38.0 Å². The van der Waals surface area contributed by atoms with Crippen LogP contribution in [0.1, 0.15) is 23.9 Å². The summed E-state index contributed by atoms with van der Waals surface area (Å²) in [4.78, 5) is 17.1. The molecule has 1 aliphatic rings. The molecule has 7 heteroatoms. The summed E-state index contributed by atoms with van der Waals surface area (Å²) in [5.74, 6) is -0.0376. The van der Waals surface area contributed by atoms with E-state index in [4.69, 9.17) is 16.0 Å². The van der Waals surface area contributed by atoms with Gasteiger partial charge in [0.15, 0.2) is 10.4 Å². The number of carbonyl (C=O) groups excluding carboxylic acids is 1. The molecule has 2 heterocycles. The SMILES string of the molecule is CCCN1CCN(c2c(Cl)cccc2NC(=O)c2ccc(Br)o2)CC1. The minimum Gasteiger partial charge on any atom is -0.444 e. The van der Waals surface area contributed by atoms with Crippen molar-refractivity contribution in [2.75, 3.05) is 42.9 Å². The molecule has 1 amide bonds. The van der Waals surface area contributed by atoms with Crippen LogP contribution in [0, 0.1) is 0 Å². The van der Waals surface area contributed by atoms with E-state index < -0.39 is 0 Å². The number of nitrogens with zero attached hydrogens (tertiary/aromatic N) is 2. The Hall–Kier alpha value is -1.50. The molecule has 25 heavy (non-hydrogen) atoms. The lowest BCUT2D eigenvalue weighted by Gasteiger charge is -2.37. The van der Waals surface area contributed by atoms with E-state index in [9.17, 15) is 4.79 Å². The number of anilines is 2. The lowest BCUT2D eigenvalue weighted by Crippen LogP contribution is -2.46. The second-order valence-electron chi connectivity index (χ2n) is 6.02. The summed E-state index contributed by atoms with van der Waals surface area (Å²) >= 11 is 9.67. The summed E-state index contributed by atoms with van der Waals surface area (Å²) in [6.45, 7) is 7.08. The molecule has 1 aromatic carbocycles. The average Bonchev–Trinajstić information content (AvgIpc) is 3.03. The van der Waals surface area contributed by atoms with Gasteiger partial charge < -0.3 is 14.6 Å². The molecule has 0 unspecified atom stereocenters. The highest BCUT2D eigenvalue weighted by molar-refractivity contribution is 9.10. The second-order valence-corrected chi connectivity index (χ2v) is 7.21. The molecule has 0 atom stereocenters. The normalized spacial score (nSPS) is 15.4. The van der Waals surface area contributed by atoms with Crippen LogP contribution in [0.25, 0.3) is 0 Å². The van der Waals surface area contributed by atoms with Crippen LogP contribution in [-0.4, -0.2) is 43.5 Å². The number of halogens is 2. The van der Waals surface area contributed by atoms with Crippen molar-refractivity contribution in [2.45, 2.75) is 13.3 Å². The molecule has 5 nitrogen and oxygen atoms in total. The van der Waals surface area contributed by atoms with Crippen molar-refractivity contribution in [2.24, 2.45) is 0 Å². The first kappa shape index (κ1) is 18.3. The van der Waals surface area contributed by atoms with E-state index in [0.717, 1.165) is 44.8 Å². The second kappa shape index (κ2) is 8.25. The van der Waals surface area contributed by atoms with Crippen LogP contribution in [-0.2, 0) is 0 Å². The Morgan fingerprint density at radius 1 is 1.24 bits per heavy atom. The number of hydrogen-bond acceptors (Lipinski definition) is 4. The van der Waals surface area contributed by atoms with Crippen molar-refractivity contribution >= 4 is 44.8 Å². The quantitative estimate of drug-likeness (QED) is 0.766. The van der Waals surface area contributed by atoms with Crippen LogP contribution in [0.5, 0.6) is 0 Å². The van der Waals surface area contributed by atoms with Gasteiger partial charge >= 0.3 is 0 Å². The Labute approximate surface area is 161 Å². The number of hydrogen-bond donors (Lipinski definition) is 1. The monoisotopic (exact) mass is 425 g/mol. The van der Waals surface area contributed by atoms with Crippen LogP contribution < -0.4 is 10.2 Å². The van der Waals surface area contributed by atoms with Gasteiger partial charge in [-0.15, -0.1) is 0 Å². The van der Waals surface area contributed by atoms with E-state index in [1.807, 2.05) is 18.2 Å². The molecule has 1 aliphatic heterocycles. The fourth-order valence-electron chi connectivity index (χ4n) is 3.07. The van der Waals surface area contributed by atoms with E-state index in [-0.39, 0.29) is 11.7 Å². The van der Waals surface area contributed by atoms with Gasteiger partial charge in [-0.25, -0.2) is 0 Å². The first-order valence-electron chi connectivity index (χ1n) is 8.41. The van der Waals surface area contributed by atoms with Gasteiger partial charge in [0.05, 0.1) is 16.4 Å². The van der Waals surface area contributed by atoms with Gasteiger partial charge in [0, 0.05) is 26.2 Å². The van der Waals surface area contributed by atoms with Crippen LogP contribution in [0.4, 0.5) is 11.4 Å². The van der Waals surface area contributed by atoms with Gasteiger partial charge in [0.25, 0.3) is 5.91 Å². The summed E-state index contributed by atoms with van der Waals surface area (Å²) in [5, 5.41) is 3.56. The summed E-state index contributed by atoms with van der Waals surface area (Å²) in [6.07, 6.45) is 1.16. The smallest absolute Gasteiger partial charge is 0.291 e. The maximum atomic E-state index is 12.4. The number of rotatable bonds is 5. The van der Waals surface area contributed by atoms with Crippen LogP contribution in [0.3, 0.4) is 0 Å². The van der Waals surface area contributed by atoms with Crippen LogP contribution >= 0.6 is 27.5 Å². The van der Waals surface area contributed by atoms with Crippen molar-refractivity contribution in [3.8, 4) is 0 Å². The highest BCUT2D eigenvalue weighted by Crippen LogP contribution is 2.35. The molecule has 0 aliphatic carbocycles. The number of para-hydroxylation sites is 1. The standard InChI is InChI=1S/C18H21BrClN3O2/c1-2-8-22-9-11-23(12-10-22)17-13(20)4-3-5-14(17)21-18(24)15-6-7-16(19)25-15/h3-7H,2,8-12H2,1H3,(H,21,24). The molecular formula is C18H21BrClN3O2. The molecular weight excluding hydrogens is 406 g/mol. The minimum absolute atomic E-state index is 0.255. The highest BCUT2D eigenvalue weighted by Gasteiger charge is 2.22. The van der Waals surface area contributed by atoms with Crippen molar-refractivity contribution in [1.29, 1.82) is 0 Å². The number of furan rings is 1. The van der Waals surface area contributed by atoms with Crippen molar-refractivity contribution in [3.63, 3.8) is 0 Å². The zero-order valence-electron chi connectivity index (χ0n) is 14.1. The Kier molecular flexibility index (Phi) is 6.04. The fourth-order valence-corrected chi connectivity index (χ4v) is 3.67. The highest BCUT2D eigenvalue weighted by atomic mass is 79.9. The van der Waals surface area contributed by atoms with Gasteiger partial charge in [-0.1, -0.05) is 24.6 Å². The molecule has 1 saturated heterocycles. The number of nitrogens with one attached hydrogen (secondary N) is 1. The first-order chi connectivity index (χ1) is 12.1. The van der Waals surface area contributed by atoms with E-state index >= 15 is 0 Å². The van der Waals surface area contributed by atoms with E-state index in [0.29, 0.717) is 15.4 Å². The minimum atomic E-state index is -0.293. The number of amides is 1. The Balaban J connectivity index is 1.77. The Morgan fingerprint density at radius 3 is 2.64 bits per heavy atom. The number of benzene rings is 1. The van der Waals surface area contributed by atoms with E-state index in [1.165, 1.54) is 0 Å². The summed E-state index contributed by atoms with van der Waals surface area (Å²) in [5.41, 5.74) is 1.58. The fraction of sp³-hybridized carbons (Fsp3) is 0.389. The third-order valence-corrected chi connectivity index (χ3v) is 4.99. The third-order valence-electron chi connectivity index (χ3n) is 4.26. The molecule has 2 aromatic rings. The Bertz CT molecular complexity index is 742.